The minimum Gasteiger partial charge on any atom is -0.497 e. The lowest BCUT2D eigenvalue weighted by Crippen LogP contribution is -2.41. The van der Waals surface area contributed by atoms with Crippen LogP contribution in [0.15, 0.2) is 24.3 Å². The van der Waals surface area contributed by atoms with Crippen LogP contribution < -0.4 is 4.74 Å². The van der Waals surface area contributed by atoms with Crippen molar-refractivity contribution in [3.8, 4) is 5.75 Å². The minimum absolute atomic E-state index is 0.133. The number of amides is 1. The topological polar surface area (TPSA) is 55.8 Å². The average Bonchev–Trinajstić information content (AvgIpc) is 3.24. The molecule has 1 aromatic rings. The number of carbonyl (C=O) groups excluding carboxylic acids is 2. The van der Waals surface area contributed by atoms with Gasteiger partial charge in [0.25, 0.3) is 5.91 Å². The van der Waals surface area contributed by atoms with E-state index in [4.69, 9.17) is 9.47 Å². The maximum atomic E-state index is 12.8. The molecular formula is C24H37NO4. The van der Waals surface area contributed by atoms with Gasteiger partial charge in [-0.25, -0.2) is 4.79 Å². The molecule has 162 valence electrons. The van der Waals surface area contributed by atoms with Gasteiger partial charge in [-0.15, -0.1) is 0 Å². The number of methoxy groups -OCH3 is 1. The van der Waals surface area contributed by atoms with Crippen LogP contribution in [0.5, 0.6) is 5.75 Å². The molecule has 0 saturated carbocycles. The number of nitrogens with zero attached hydrogens (tertiary/aromatic N) is 1. The number of esters is 1. The van der Waals surface area contributed by atoms with Gasteiger partial charge in [-0.3, -0.25) is 4.79 Å². The highest BCUT2D eigenvalue weighted by Crippen LogP contribution is 2.23. The van der Waals surface area contributed by atoms with Crippen LogP contribution in [0.3, 0.4) is 0 Å². The highest BCUT2D eigenvalue weighted by atomic mass is 16.5. The van der Waals surface area contributed by atoms with Gasteiger partial charge in [-0.05, 0) is 37.5 Å². The summed E-state index contributed by atoms with van der Waals surface area (Å²) < 4.78 is 10.7. The highest BCUT2D eigenvalue weighted by molar-refractivity contribution is 5.97. The van der Waals surface area contributed by atoms with Crippen LogP contribution in [-0.2, 0) is 9.53 Å². The van der Waals surface area contributed by atoms with Gasteiger partial charge in [0.05, 0.1) is 13.7 Å². The molecule has 0 aliphatic carbocycles. The quantitative estimate of drug-likeness (QED) is 0.328. The predicted octanol–water partition coefficient (Wildman–Crippen LogP) is 5.37. The Morgan fingerprint density at radius 2 is 1.72 bits per heavy atom. The Morgan fingerprint density at radius 3 is 2.41 bits per heavy atom. The summed E-state index contributed by atoms with van der Waals surface area (Å²) in [4.78, 5) is 27.0. The first kappa shape index (κ1) is 23.2. The Bertz CT molecular complexity index is 631. The molecule has 29 heavy (non-hydrogen) atoms. The van der Waals surface area contributed by atoms with Crippen molar-refractivity contribution in [1.82, 2.24) is 4.90 Å². The fraction of sp³-hybridized carbons (Fsp3) is 0.667. The average molecular weight is 404 g/mol. The van der Waals surface area contributed by atoms with Gasteiger partial charge < -0.3 is 14.4 Å². The van der Waals surface area contributed by atoms with Crippen LogP contribution in [0.2, 0.25) is 0 Å². The SMILES string of the molecule is CCCCCCCCCCCOC(=O)C1CCCN1C(=O)c1cccc(OC)c1. The monoisotopic (exact) mass is 403 g/mol. The lowest BCUT2D eigenvalue weighted by molar-refractivity contribution is -0.148. The number of hydrogen-bond acceptors (Lipinski definition) is 4. The molecular weight excluding hydrogens is 366 g/mol. The smallest absolute Gasteiger partial charge is 0.328 e. The second kappa shape index (κ2) is 13.2. The molecule has 1 unspecified atom stereocenters. The molecule has 0 N–H and O–H groups in total. The summed E-state index contributed by atoms with van der Waals surface area (Å²) in [6.45, 7) is 3.28. The number of likely N-dealkylation sites (tertiary alicyclic amines) is 1. The molecule has 1 aliphatic heterocycles. The molecule has 1 heterocycles. The summed E-state index contributed by atoms with van der Waals surface area (Å²) in [6, 6.07) is 6.60. The number of hydrogen-bond donors (Lipinski definition) is 0. The van der Waals surface area contributed by atoms with Crippen molar-refractivity contribution < 1.29 is 19.1 Å². The number of ether oxygens (including phenoxy) is 2. The third-order valence-corrected chi connectivity index (χ3v) is 5.59. The van der Waals surface area contributed by atoms with Crippen LogP contribution >= 0.6 is 0 Å². The lowest BCUT2D eigenvalue weighted by atomic mass is 10.1. The maximum absolute atomic E-state index is 12.8. The minimum atomic E-state index is -0.465. The summed E-state index contributed by atoms with van der Waals surface area (Å²) in [6.07, 6.45) is 12.6. The van der Waals surface area contributed by atoms with Crippen molar-refractivity contribution in [1.29, 1.82) is 0 Å². The van der Waals surface area contributed by atoms with E-state index in [2.05, 4.69) is 6.92 Å². The predicted molar refractivity (Wildman–Crippen MR) is 115 cm³/mol. The summed E-state index contributed by atoms with van der Waals surface area (Å²) in [7, 11) is 1.58. The zero-order chi connectivity index (χ0) is 20.9. The summed E-state index contributed by atoms with van der Waals surface area (Å²) in [5.74, 6) is 0.240. The lowest BCUT2D eigenvalue weighted by Gasteiger charge is -2.23. The van der Waals surface area contributed by atoms with Gasteiger partial charge in [0.2, 0.25) is 0 Å². The fourth-order valence-corrected chi connectivity index (χ4v) is 3.86. The second-order valence-corrected chi connectivity index (χ2v) is 7.88. The molecule has 1 aliphatic rings. The summed E-state index contributed by atoms with van der Waals surface area (Å²) in [5.41, 5.74) is 0.544. The zero-order valence-electron chi connectivity index (χ0n) is 18.2. The first-order chi connectivity index (χ1) is 14.2. The second-order valence-electron chi connectivity index (χ2n) is 7.88. The molecule has 5 nitrogen and oxygen atoms in total. The van der Waals surface area contributed by atoms with E-state index < -0.39 is 6.04 Å². The van der Waals surface area contributed by atoms with Crippen LogP contribution in [0.4, 0.5) is 0 Å². The Hall–Kier alpha value is -2.04. The largest absolute Gasteiger partial charge is 0.497 e. The number of carbonyl (C=O) groups is 2. The van der Waals surface area contributed by atoms with Crippen LogP contribution in [0, 0.1) is 0 Å². The van der Waals surface area contributed by atoms with E-state index in [1.165, 1.54) is 44.9 Å². The summed E-state index contributed by atoms with van der Waals surface area (Å²) >= 11 is 0. The van der Waals surface area contributed by atoms with Gasteiger partial charge in [0, 0.05) is 12.1 Å². The molecule has 0 radical (unpaired) electrons. The Morgan fingerprint density at radius 1 is 1.03 bits per heavy atom. The molecule has 0 aromatic heterocycles. The van der Waals surface area contributed by atoms with E-state index in [9.17, 15) is 9.59 Å². The molecule has 1 amide bonds. The first-order valence-corrected chi connectivity index (χ1v) is 11.3. The Balaban J connectivity index is 1.68. The normalized spacial score (nSPS) is 16.1. The van der Waals surface area contributed by atoms with Crippen molar-refractivity contribution in [2.45, 2.75) is 83.6 Å². The van der Waals surface area contributed by atoms with Crippen molar-refractivity contribution in [3.63, 3.8) is 0 Å². The molecule has 0 bridgehead atoms. The third-order valence-electron chi connectivity index (χ3n) is 5.59. The van der Waals surface area contributed by atoms with Gasteiger partial charge >= 0.3 is 5.97 Å². The highest BCUT2D eigenvalue weighted by Gasteiger charge is 2.35. The Kier molecular flexibility index (Phi) is 10.6. The Labute approximate surface area is 175 Å². The van der Waals surface area contributed by atoms with Gasteiger partial charge in [0.1, 0.15) is 11.8 Å². The zero-order valence-corrected chi connectivity index (χ0v) is 18.2. The van der Waals surface area contributed by atoms with Crippen molar-refractivity contribution in [2.75, 3.05) is 20.3 Å². The maximum Gasteiger partial charge on any atom is 0.328 e. The number of benzene rings is 1. The molecule has 5 heteroatoms. The molecule has 0 spiro atoms. The molecule has 1 aromatic carbocycles. The van der Waals surface area contributed by atoms with Crippen LogP contribution in [-0.4, -0.2) is 43.1 Å². The molecule has 1 fully saturated rings. The van der Waals surface area contributed by atoms with Gasteiger partial charge in [-0.2, -0.15) is 0 Å². The van der Waals surface area contributed by atoms with Gasteiger partial charge in [0.15, 0.2) is 0 Å². The van der Waals surface area contributed by atoms with E-state index in [-0.39, 0.29) is 11.9 Å². The molecule has 1 saturated heterocycles. The molecule has 1 atom stereocenters. The van der Waals surface area contributed by atoms with Crippen LogP contribution in [0.1, 0.15) is 87.9 Å². The number of unbranched alkanes of at least 4 members (excludes halogenated alkanes) is 8. The van der Waals surface area contributed by atoms with E-state index in [1.54, 1.807) is 36.3 Å². The van der Waals surface area contributed by atoms with Crippen molar-refractivity contribution in [3.05, 3.63) is 29.8 Å². The van der Waals surface area contributed by atoms with E-state index >= 15 is 0 Å². The third kappa shape index (κ3) is 7.71. The van der Waals surface area contributed by atoms with E-state index in [1.807, 2.05) is 0 Å². The molecule has 2 rings (SSSR count). The van der Waals surface area contributed by atoms with Gasteiger partial charge in [-0.1, -0.05) is 64.4 Å². The fourth-order valence-electron chi connectivity index (χ4n) is 3.86. The van der Waals surface area contributed by atoms with Crippen molar-refractivity contribution >= 4 is 11.9 Å². The van der Waals surface area contributed by atoms with E-state index in [0.29, 0.717) is 30.9 Å². The summed E-state index contributed by atoms with van der Waals surface area (Å²) in [5, 5.41) is 0. The standard InChI is InChI=1S/C24H37NO4/c1-3-4-5-6-7-8-9-10-11-18-29-24(27)22-16-13-17-25(22)23(26)20-14-12-15-21(19-20)28-2/h12,14-15,19,22H,3-11,13,16-18H2,1-2H3. The van der Waals surface area contributed by atoms with E-state index in [0.717, 1.165) is 19.3 Å². The first-order valence-electron chi connectivity index (χ1n) is 11.3. The van der Waals surface area contributed by atoms with Crippen LogP contribution in [0.25, 0.3) is 0 Å². The number of rotatable bonds is 13. The van der Waals surface area contributed by atoms with Crippen molar-refractivity contribution in [2.24, 2.45) is 0 Å².